The van der Waals surface area contributed by atoms with Crippen LogP contribution < -0.4 is 9.47 Å². The Labute approximate surface area is 202 Å². The van der Waals surface area contributed by atoms with Crippen molar-refractivity contribution in [2.75, 3.05) is 7.11 Å². The number of hydrogen-bond donors (Lipinski definition) is 0. The van der Waals surface area contributed by atoms with Crippen LogP contribution in [-0.2, 0) is 9.53 Å². The number of ether oxygens (including phenoxy) is 3. The lowest BCUT2D eigenvalue weighted by atomic mass is 9.93. The van der Waals surface area contributed by atoms with Gasteiger partial charge in [0.25, 0.3) is 0 Å². The van der Waals surface area contributed by atoms with Gasteiger partial charge in [-0.3, -0.25) is 0 Å². The molecule has 0 aromatic heterocycles. The summed E-state index contributed by atoms with van der Waals surface area (Å²) in [5.41, 5.74) is 3.95. The number of hydrogen-bond acceptors (Lipinski definition) is 4. The lowest BCUT2D eigenvalue weighted by Gasteiger charge is -2.23. The lowest BCUT2D eigenvalue weighted by Crippen LogP contribution is -2.31. The summed E-state index contributed by atoms with van der Waals surface area (Å²) in [6.45, 7) is 8.44. The Morgan fingerprint density at radius 3 is 2.00 bits per heavy atom. The molecule has 4 rings (SSSR count). The normalized spacial score (nSPS) is 17.4. The monoisotopic (exact) mass is 456 g/mol. The zero-order valence-electron chi connectivity index (χ0n) is 20.4. The minimum Gasteiger partial charge on any atom is -0.497 e. The fourth-order valence-corrected chi connectivity index (χ4v) is 4.32. The van der Waals surface area contributed by atoms with Gasteiger partial charge in [-0.25, -0.2) is 4.79 Å². The Kier molecular flexibility index (Phi) is 7.06. The molecule has 0 fully saturated rings. The molecule has 0 saturated carbocycles. The summed E-state index contributed by atoms with van der Waals surface area (Å²) >= 11 is 0. The van der Waals surface area contributed by atoms with Crippen molar-refractivity contribution in [3.8, 4) is 11.5 Å². The molecule has 2 atom stereocenters. The second-order valence-electron chi connectivity index (χ2n) is 9.23. The van der Waals surface area contributed by atoms with Gasteiger partial charge >= 0.3 is 5.97 Å². The van der Waals surface area contributed by atoms with Crippen molar-refractivity contribution in [2.45, 2.75) is 51.6 Å². The average molecular weight is 457 g/mol. The van der Waals surface area contributed by atoms with Crippen LogP contribution in [0, 0.1) is 0 Å². The number of benzene rings is 3. The number of methoxy groups -OCH3 is 1. The second kappa shape index (κ2) is 10.2. The van der Waals surface area contributed by atoms with Crippen LogP contribution in [0.5, 0.6) is 11.5 Å². The Hall–Kier alpha value is -3.53. The molecule has 3 aromatic carbocycles. The van der Waals surface area contributed by atoms with Crippen molar-refractivity contribution in [2.24, 2.45) is 0 Å². The molecule has 1 heterocycles. The van der Waals surface area contributed by atoms with E-state index in [0.29, 0.717) is 11.5 Å². The van der Waals surface area contributed by atoms with E-state index >= 15 is 0 Å². The summed E-state index contributed by atoms with van der Waals surface area (Å²) in [6.07, 6.45) is 1.24. The maximum atomic E-state index is 13.6. The molecule has 0 bridgehead atoms. The maximum absolute atomic E-state index is 13.6. The average Bonchev–Trinajstić information content (AvgIpc) is 3.30. The highest BCUT2D eigenvalue weighted by Crippen LogP contribution is 2.40. The Morgan fingerprint density at radius 2 is 1.44 bits per heavy atom. The first-order valence-electron chi connectivity index (χ1n) is 11.8. The molecule has 34 heavy (non-hydrogen) atoms. The zero-order valence-corrected chi connectivity index (χ0v) is 20.4. The SMILES string of the molecule is COc1ccc(C2=C[C@@H](c3ccccc3)[C@H](C(=O)Oc3c(C(C)C)cccc3C(C)C)O2)cc1. The van der Waals surface area contributed by atoms with E-state index in [4.69, 9.17) is 14.2 Å². The van der Waals surface area contributed by atoms with Crippen LogP contribution in [0.3, 0.4) is 0 Å². The van der Waals surface area contributed by atoms with E-state index in [1.807, 2.05) is 78.9 Å². The molecule has 0 amide bonds. The summed E-state index contributed by atoms with van der Waals surface area (Å²) in [4.78, 5) is 13.6. The van der Waals surface area contributed by atoms with Crippen LogP contribution in [0.4, 0.5) is 0 Å². The second-order valence-corrected chi connectivity index (χ2v) is 9.23. The third kappa shape index (κ3) is 4.86. The van der Waals surface area contributed by atoms with Crippen molar-refractivity contribution >= 4 is 11.7 Å². The highest BCUT2D eigenvalue weighted by molar-refractivity contribution is 5.83. The summed E-state index contributed by atoms with van der Waals surface area (Å²) in [5, 5.41) is 0. The van der Waals surface area contributed by atoms with Crippen LogP contribution in [0.15, 0.2) is 78.9 Å². The first-order chi connectivity index (χ1) is 16.4. The summed E-state index contributed by atoms with van der Waals surface area (Å²) in [6, 6.07) is 23.7. The molecule has 4 nitrogen and oxygen atoms in total. The predicted octanol–water partition coefficient (Wildman–Crippen LogP) is 7.07. The van der Waals surface area contributed by atoms with Gasteiger partial charge in [-0.1, -0.05) is 76.2 Å². The van der Waals surface area contributed by atoms with Gasteiger partial charge in [0, 0.05) is 5.56 Å². The molecule has 4 heteroatoms. The minimum atomic E-state index is -0.778. The Morgan fingerprint density at radius 1 is 0.824 bits per heavy atom. The van der Waals surface area contributed by atoms with Crippen molar-refractivity contribution < 1.29 is 19.0 Å². The fraction of sp³-hybridized carbons (Fsp3) is 0.300. The van der Waals surface area contributed by atoms with Gasteiger partial charge in [0.2, 0.25) is 6.10 Å². The van der Waals surface area contributed by atoms with Gasteiger partial charge in [-0.05, 0) is 58.9 Å². The standard InChI is InChI=1S/C30H32O4/c1-19(2)24-12-9-13-25(20(3)4)28(24)34-30(31)29-26(21-10-7-6-8-11-21)18-27(33-29)22-14-16-23(32-5)17-15-22/h6-20,26,29H,1-5H3/t26-,29+/m0/s1. The highest BCUT2D eigenvalue weighted by Gasteiger charge is 2.39. The molecule has 0 aliphatic carbocycles. The van der Waals surface area contributed by atoms with E-state index in [9.17, 15) is 4.79 Å². The number of carbonyl (C=O) groups is 1. The van der Waals surface area contributed by atoms with Crippen LogP contribution in [0.1, 0.15) is 67.7 Å². The van der Waals surface area contributed by atoms with E-state index in [1.54, 1.807) is 7.11 Å². The van der Waals surface area contributed by atoms with Crippen molar-refractivity contribution in [3.63, 3.8) is 0 Å². The molecule has 1 aliphatic heterocycles. The molecule has 176 valence electrons. The van der Waals surface area contributed by atoms with Gasteiger partial charge in [-0.2, -0.15) is 0 Å². The maximum Gasteiger partial charge on any atom is 0.353 e. The number of para-hydroxylation sites is 1. The van der Waals surface area contributed by atoms with E-state index in [2.05, 4.69) is 27.7 Å². The quantitative estimate of drug-likeness (QED) is 0.282. The number of carbonyl (C=O) groups excluding carboxylic acids is 1. The van der Waals surface area contributed by atoms with Gasteiger partial charge in [0.15, 0.2) is 0 Å². The Bertz CT molecular complexity index is 1130. The first-order valence-corrected chi connectivity index (χ1v) is 11.8. The molecule has 0 unspecified atom stereocenters. The molecule has 1 aliphatic rings. The fourth-order valence-electron chi connectivity index (χ4n) is 4.32. The zero-order chi connectivity index (χ0) is 24.2. The van der Waals surface area contributed by atoms with Crippen LogP contribution in [0.2, 0.25) is 0 Å². The molecule has 0 N–H and O–H groups in total. The summed E-state index contributed by atoms with van der Waals surface area (Å²) in [7, 11) is 1.64. The Balaban J connectivity index is 1.68. The van der Waals surface area contributed by atoms with E-state index in [0.717, 1.165) is 28.0 Å². The molecule has 0 saturated heterocycles. The van der Waals surface area contributed by atoms with E-state index in [-0.39, 0.29) is 23.7 Å². The number of rotatable bonds is 7. The lowest BCUT2D eigenvalue weighted by molar-refractivity contribution is -0.143. The predicted molar refractivity (Wildman–Crippen MR) is 135 cm³/mol. The topological polar surface area (TPSA) is 44.8 Å². The van der Waals surface area contributed by atoms with E-state index < -0.39 is 6.10 Å². The largest absolute Gasteiger partial charge is 0.497 e. The highest BCUT2D eigenvalue weighted by atomic mass is 16.6. The van der Waals surface area contributed by atoms with Gasteiger partial charge in [0.1, 0.15) is 17.3 Å². The smallest absolute Gasteiger partial charge is 0.353 e. The molecular formula is C30H32O4. The van der Waals surface area contributed by atoms with Crippen molar-refractivity contribution in [1.29, 1.82) is 0 Å². The first kappa shape index (κ1) is 23.6. The van der Waals surface area contributed by atoms with Gasteiger partial charge in [0.05, 0.1) is 13.0 Å². The molecule has 3 aromatic rings. The van der Waals surface area contributed by atoms with Crippen LogP contribution >= 0.6 is 0 Å². The van der Waals surface area contributed by atoms with Crippen LogP contribution in [-0.4, -0.2) is 19.2 Å². The minimum absolute atomic E-state index is 0.226. The van der Waals surface area contributed by atoms with Crippen LogP contribution in [0.25, 0.3) is 5.76 Å². The molecular weight excluding hydrogens is 424 g/mol. The van der Waals surface area contributed by atoms with E-state index in [1.165, 1.54) is 0 Å². The van der Waals surface area contributed by atoms with Crippen molar-refractivity contribution in [1.82, 2.24) is 0 Å². The number of esters is 1. The van der Waals surface area contributed by atoms with Gasteiger partial charge < -0.3 is 14.2 Å². The molecule has 0 radical (unpaired) electrons. The third-order valence-electron chi connectivity index (χ3n) is 6.22. The summed E-state index contributed by atoms with van der Waals surface area (Å²) in [5.74, 6) is 1.91. The third-order valence-corrected chi connectivity index (χ3v) is 6.22. The summed E-state index contributed by atoms with van der Waals surface area (Å²) < 4.78 is 17.7. The van der Waals surface area contributed by atoms with Gasteiger partial charge in [-0.15, -0.1) is 0 Å². The molecule has 0 spiro atoms. The van der Waals surface area contributed by atoms with Crippen molar-refractivity contribution in [3.05, 3.63) is 101 Å².